The van der Waals surface area contributed by atoms with Crippen molar-refractivity contribution in [3.05, 3.63) is 29.6 Å². The Bertz CT molecular complexity index is 773. The Kier molecular flexibility index (Phi) is 9.89. The van der Waals surface area contributed by atoms with Crippen molar-refractivity contribution in [1.29, 1.82) is 0 Å². The van der Waals surface area contributed by atoms with Crippen molar-refractivity contribution in [2.45, 2.75) is 63.7 Å². The number of nitrogens with zero attached hydrogens (tertiary/aromatic N) is 2. The van der Waals surface area contributed by atoms with Gasteiger partial charge in [-0.1, -0.05) is 18.9 Å². The van der Waals surface area contributed by atoms with E-state index in [0.717, 1.165) is 37.1 Å². The Morgan fingerprint density at radius 1 is 1.23 bits per heavy atom. The van der Waals surface area contributed by atoms with E-state index >= 15 is 0 Å². The minimum atomic E-state index is -5.08. The van der Waals surface area contributed by atoms with Crippen LogP contribution in [-0.4, -0.2) is 63.3 Å². The zero-order valence-electron chi connectivity index (χ0n) is 17.4. The van der Waals surface area contributed by atoms with Crippen molar-refractivity contribution in [1.82, 2.24) is 9.88 Å². The first kappa shape index (κ1) is 26.3. The van der Waals surface area contributed by atoms with Crippen LogP contribution in [0, 0.1) is 12.8 Å². The van der Waals surface area contributed by atoms with Gasteiger partial charge in [-0.15, -0.1) is 0 Å². The molecule has 31 heavy (non-hydrogen) atoms. The number of likely N-dealkylation sites (N-methyl/N-ethyl adjacent to an activating group) is 1. The number of carboxylic acids is 2. The van der Waals surface area contributed by atoms with Gasteiger partial charge in [-0.05, 0) is 31.9 Å². The SMILES string of the molecule is Cc1cccc(CC(CC(=O)O)C(=O)N(C)[C@H]2CCCC[C@@H]2N)n1.O=C(O)C(F)(F)F. The van der Waals surface area contributed by atoms with E-state index in [1.54, 1.807) is 11.9 Å². The van der Waals surface area contributed by atoms with Gasteiger partial charge in [0, 0.05) is 36.9 Å². The number of aliphatic carboxylic acids is 2. The molecule has 1 amide bonds. The van der Waals surface area contributed by atoms with Gasteiger partial charge in [0.25, 0.3) is 0 Å². The fourth-order valence-electron chi connectivity index (χ4n) is 3.50. The highest BCUT2D eigenvalue weighted by atomic mass is 19.4. The summed E-state index contributed by atoms with van der Waals surface area (Å²) in [5, 5.41) is 16.3. The van der Waals surface area contributed by atoms with Crippen molar-refractivity contribution >= 4 is 17.8 Å². The largest absolute Gasteiger partial charge is 0.490 e. The van der Waals surface area contributed by atoms with Crippen LogP contribution in [0.4, 0.5) is 13.2 Å². The molecule has 1 saturated carbocycles. The minimum absolute atomic E-state index is 0.00647. The zero-order chi connectivity index (χ0) is 23.8. The van der Waals surface area contributed by atoms with Gasteiger partial charge in [-0.3, -0.25) is 14.6 Å². The topological polar surface area (TPSA) is 134 Å². The van der Waals surface area contributed by atoms with Crippen LogP contribution in [0.1, 0.15) is 43.5 Å². The number of pyridine rings is 1. The average molecular weight is 447 g/mol. The molecule has 1 aromatic heterocycles. The lowest BCUT2D eigenvalue weighted by Gasteiger charge is -2.37. The van der Waals surface area contributed by atoms with Crippen LogP contribution in [0.5, 0.6) is 0 Å². The van der Waals surface area contributed by atoms with Gasteiger partial charge < -0.3 is 20.8 Å². The highest BCUT2D eigenvalue weighted by molar-refractivity contribution is 5.83. The number of carbonyl (C=O) groups is 3. The smallest absolute Gasteiger partial charge is 0.481 e. The summed E-state index contributed by atoms with van der Waals surface area (Å²) in [6, 6.07) is 5.55. The van der Waals surface area contributed by atoms with Crippen LogP contribution >= 0.6 is 0 Å². The molecule has 0 spiro atoms. The fraction of sp³-hybridized carbons (Fsp3) is 0.600. The molecule has 0 radical (unpaired) electrons. The molecule has 4 N–H and O–H groups in total. The molecule has 174 valence electrons. The van der Waals surface area contributed by atoms with Crippen molar-refractivity contribution in [2.75, 3.05) is 7.05 Å². The molecular formula is C20H28F3N3O5. The number of nitrogens with two attached hydrogens (primary N) is 1. The normalized spacial score (nSPS) is 19.5. The third kappa shape index (κ3) is 8.91. The summed E-state index contributed by atoms with van der Waals surface area (Å²) in [4.78, 5) is 39.1. The number of carbonyl (C=O) groups excluding carboxylic acids is 1. The summed E-state index contributed by atoms with van der Waals surface area (Å²) >= 11 is 0. The van der Waals surface area contributed by atoms with E-state index < -0.39 is 24.0 Å². The van der Waals surface area contributed by atoms with E-state index in [0.29, 0.717) is 6.42 Å². The van der Waals surface area contributed by atoms with Crippen molar-refractivity contribution in [3.63, 3.8) is 0 Å². The van der Waals surface area contributed by atoms with Gasteiger partial charge in [0.05, 0.1) is 12.3 Å². The van der Waals surface area contributed by atoms with Gasteiger partial charge in [0.2, 0.25) is 5.91 Å². The molecule has 1 aromatic rings. The van der Waals surface area contributed by atoms with E-state index in [4.69, 9.17) is 15.6 Å². The van der Waals surface area contributed by atoms with Gasteiger partial charge in [-0.2, -0.15) is 13.2 Å². The summed E-state index contributed by atoms with van der Waals surface area (Å²) in [7, 11) is 1.75. The first-order valence-electron chi connectivity index (χ1n) is 9.79. The third-order valence-electron chi connectivity index (χ3n) is 5.04. The highest BCUT2D eigenvalue weighted by Gasteiger charge is 2.38. The maximum absolute atomic E-state index is 12.9. The molecule has 8 nitrogen and oxygen atoms in total. The number of rotatable bonds is 6. The van der Waals surface area contributed by atoms with E-state index in [9.17, 15) is 27.9 Å². The van der Waals surface area contributed by atoms with Crippen molar-refractivity contribution < 1.29 is 37.8 Å². The second-order valence-electron chi connectivity index (χ2n) is 7.54. The first-order valence-corrected chi connectivity index (χ1v) is 9.79. The second-order valence-corrected chi connectivity index (χ2v) is 7.54. The Morgan fingerprint density at radius 2 is 1.81 bits per heavy atom. The number of alkyl halides is 3. The molecule has 0 bridgehead atoms. The molecule has 1 fully saturated rings. The number of aromatic nitrogens is 1. The van der Waals surface area contributed by atoms with Crippen LogP contribution in [0.25, 0.3) is 0 Å². The molecule has 1 aliphatic carbocycles. The Hall–Kier alpha value is -2.69. The number of halogens is 3. The minimum Gasteiger partial charge on any atom is -0.481 e. The van der Waals surface area contributed by atoms with Crippen LogP contribution in [0.2, 0.25) is 0 Å². The van der Waals surface area contributed by atoms with Crippen LogP contribution in [-0.2, 0) is 20.8 Å². The predicted octanol–water partition coefficient (Wildman–Crippen LogP) is 2.39. The number of aryl methyl sites for hydroxylation is 1. The van der Waals surface area contributed by atoms with Gasteiger partial charge in [0.15, 0.2) is 0 Å². The Balaban J connectivity index is 0.000000592. The maximum Gasteiger partial charge on any atom is 0.490 e. The van der Waals surface area contributed by atoms with E-state index in [-0.39, 0.29) is 24.4 Å². The molecule has 1 heterocycles. The quantitative estimate of drug-likeness (QED) is 0.610. The molecule has 3 atom stereocenters. The third-order valence-corrected chi connectivity index (χ3v) is 5.04. The lowest BCUT2D eigenvalue weighted by atomic mass is 9.88. The fourth-order valence-corrected chi connectivity index (χ4v) is 3.50. The monoisotopic (exact) mass is 447 g/mol. The molecule has 1 unspecified atom stereocenters. The standard InChI is InChI=1S/C18H27N3O3.C2HF3O2/c1-12-6-5-7-14(20-12)10-13(11-17(22)23)18(24)21(2)16-9-4-3-8-15(16)19;3-2(4,5)1(6)7/h5-7,13,15-16H,3-4,8-11,19H2,1-2H3,(H,22,23);(H,6,7)/t13?,15-,16-;/m0./s1. The molecule has 0 saturated heterocycles. The van der Waals surface area contributed by atoms with Crippen LogP contribution in [0.15, 0.2) is 18.2 Å². The number of amides is 1. The molecule has 11 heteroatoms. The van der Waals surface area contributed by atoms with E-state index in [1.807, 2.05) is 25.1 Å². The molecular weight excluding hydrogens is 419 g/mol. The zero-order valence-corrected chi connectivity index (χ0v) is 17.4. The number of hydrogen-bond donors (Lipinski definition) is 3. The lowest BCUT2D eigenvalue weighted by molar-refractivity contribution is -0.192. The Morgan fingerprint density at radius 3 is 2.29 bits per heavy atom. The Labute approximate surface area is 178 Å². The summed E-state index contributed by atoms with van der Waals surface area (Å²) in [6.45, 7) is 1.88. The molecule has 0 aromatic carbocycles. The number of hydrogen-bond acceptors (Lipinski definition) is 5. The summed E-state index contributed by atoms with van der Waals surface area (Å²) in [5.41, 5.74) is 7.77. The first-order chi connectivity index (χ1) is 14.3. The molecule has 0 aliphatic heterocycles. The number of carboxylic acid groups (broad SMARTS) is 2. The average Bonchev–Trinajstić information content (AvgIpc) is 2.66. The summed E-state index contributed by atoms with van der Waals surface area (Å²) < 4.78 is 31.7. The maximum atomic E-state index is 12.9. The predicted molar refractivity (Wildman–Crippen MR) is 105 cm³/mol. The van der Waals surface area contributed by atoms with Gasteiger partial charge >= 0.3 is 18.1 Å². The van der Waals surface area contributed by atoms with Crippen LogP contribution in [0.3, 0.4) is 0 Å². The van der Waals surface area contributed by atoms with E-state index in [2.05, 4.69) is 4.98 Å². The van der Waals surface area contributed by atoms with Crippen molar-refractivity contribution in [3.8, 4) is 0 Å². The molecule has 1 aliphatic rings. The lowest BCUT2D eigenvalue weighted by Crippen LogP contribution is -2.52. The second kappa shape index (κ2) is 11.6. The highest BCUT2D eigenvalue weighted by Crippen LogP contribution is 2.24. The van der Waals surface area contributed by atoms with Gasteiger partial charge in [0.1, 0.15) is 0 Å². The van der Waals surface area contributed by atoms with E-state index in [1.165, 1.54) is 0 Å². The van der Waals surface area contributed by atoms with Crippen molar-refractivity contribution in [2.24, 2.45) is 11.7 Å². The molecule has 2 rings (SSSR count). The summed E-state index contributed by atoms with van der Waals surface area (Å²) in [5.74, 6) is -4.49. The summed E-state index contributed by atoms with van der Waals surface area (Å²) in [6.07, 6.45) is -1.01. The van der Waals surface area contributed by atoms with Crippen LogP contribution < -0.4 is 5.73 Å². The van der Waals surface area contributed by atoms with Gasteiger partial charge in [-0.25, -0.2) is 4.79 Å².